The van der Waals surface area contributed by atoms with Crippen molar-refractivity contribution in [1.82, 2.24) is 18.9 Å². The Hall–Kier alpha value is -3.02. The molecule has 138 valence electrons. The number of para-hydroxylation sites is 1. The van der Waals surface area contributed by atoms with Crippen LogP contribution in [-0.4, -0.2) is 52.4 Å². The van der Waals surface area contributed by atoms with E-state index in [0.717, 1.165) is 0 Å². The van der Waals surface area contributed by atoms with E-state index in [2.05, 4.69) is 15.0 Å². The molecular weight excluding hydrogens is 374 g/mol. The molecule has 9 nitrogen and oxygen atoms in total. The molecule has 0 amide bonds. The van der Waals surface area contributed by atoms with E-state index in [-0.39, 0.29) is 38.3 Å². The molecule has 0 atom stereocenters. The lowest BCUT2D eigenvalue weighted by molar-refractivity contribution is 0.232. The van der Waals surface area contributed by atoms with Crippen LogP contribution in [0.5, 0.6) is 17.9 Å². The number of aromatic hydroxyl groups is 1. The van der Waals surface area contributed by atoms with Gasteiger partial charge in [0.05, 0.1) is 25.3 Å². The molecule has 26 heavy (non-hydrogen) atoms. The maximum atomic E-state index is 13.1. The van der Waals surface area contributed by atoms with E-state index in [1.165, 1.54) is 32.4 Å². The van der Waals surface area contributed by atoms with E-state index >= 15 is 0 Å². The predicted molar refractivity (Wildman–Crippen MR) is 85.8 cm³/mol. The molecule has 0 unspecified atom stereocenters. The topological polar surface area (TPSA) is 116 Å². The lowest BCUT2D eigenvalue weighted by Crippen LogP contribution is -2.20. The van der Waals surface area contributed by atoms with Gasteiger partial charge in [-0.1, -0.05) is 18.2 Å². The van der Waals surface area contributed by atoms with E-state index in [1.807, 2.05) is 0 Å². The highest BCUT2D eigenvalue weighted by Gasteiger charge is 2.34. The lowest BCUT2D eigenvalue weighted by atomic mass is 10.1. The summed E-state index contributed by atoms with van der Waals surface area (Å²) in [6.45, 7) is 0. The molecule has 2 aromatic heterocycles. The second-order valence-electron chi connectivity index (χ2n) is 4.92. The molecule has 3 aromatic rings. The first kappa shape index (κ1) is 17.8. The van der Waals surface area contributed by atoms with Crippen molar-refractivity contribution in [2.24, 2.45) is 0 Å². The molecule has 0 saturated heterocycles. The Morgan fingerprint density at radius 3 is 2.19 bits per heavy atom. The summed E-state index contributed by atoms with van der Waals surface area (Å²) in [6.07, 6.45) is 0. The number of halogens is 2. The van der Waals surface area contributed by atoms with E-state index in [9.17, 15) is 22.3 Å². The summed E-state index contributed by atoms with van der Waals surface area (Å²) in [6, 6.07) is 5.36. The summed E-state index contributed by atoms with van der Waals surface area (Å²) in [5.74, 6) is -4.90. The smallest absolute Gasteiger partial charge is 0.355 e. The van der Waals surface area contributed by atoms with Crippen molar-refractivity contribution in [3.8, 4) is 29.3 Å². The van der Waals surface area contributed by atoms with Crippen LogP contribution in [0.2, 0.25) is 0 Å². The van der Waals surface area contributed by atoms with Gasteiger partial charge in [0, 0.05) is 5.39 Å². The average molecular weight is 386 g/mol. The molecule has 0 aliphatic heterocycles. The Kier molecular flexibility index (Phi) is 4.36. The van der Waals surface area contributed by atoms with Crippen molar-refractivity contribution in [2.75, 3.05) is 14.2 Å². The first-order valence-electron chi connectivity index (χ1n) is 7.00. The Bertz CT molecular complexity index is 1060. The van der Waals surface area contributed by atoms with Gasteiger partial charge in [0.15, 0.2) is 5.82 Å². The zero-order chi connectivity index (χ0) is 19.1. The largest absolute Gasteiger partial charge is 0.493 e. The van der Waals surface area contributed by atoms with Crippen LogP contribution in [0.1, 0.15) is 0 Å². The van der Waals surface area contributed by atoms with Crippen molar-refractivity contribution < 1.29 is 31.8 Å². The standard InChI is InChI=1S/C14H12F2N4O5S/c1-24-13-17-10(18-14(19-13)25-2)9-7-5-3-4-6-8(7)20(11(9)21)26(22,23)12(15)16/h3-6,12,21H,1-2H3. The van der Waals surface area contributed by atoms with E-state index < -0.39 is 21.7 Å². The van der Waals surface area contributed by atoms with Gasteiger partial charge < -0.3 is 14.6 Å². The second kappa shape index (κ2) is 6.37. The highest BCUT2D eigenvalue weighted by Crippen LogP contribution is 2.40. The minimum Gasteiger partial charge on any atom is -0.493 e. The number of benzene rings is 1. The third-order valence-corrected chi connectivity index (χ3v) is 4.80. The van der Waals surface area contributed by atoms with Crippen LogP contribution in [-0.2, 0) is 10.0 Å². The molecule has 1 aromatic carbocycles. The predicted octanol–water partition coefficient (Wildman–Crippen LogP) is 1.62. The van der Waals surface area contributed by atoms with Gasteiger partial charge in [-0.25, -0.2) is 3.97 Å². The maximum absolute atomic E-state index is 13.1. The van der Waals surface area contributed by atoms with Crippen LogP contribution >= 0.6 is 0 Å². The zero-order valence-electron chi connectivity index (χ0n) is 13.4. The SMILES string of the molecule is COc1nc(OC)nc(-c2c(O)n(S(=O)(=O)C(F)F)c3ccccc23)n1. The van der Waals surface area contributed by atoms with E-state index in [4.69, 9.17) is 9.47 Å². The van der Waals surface area contributed by atoms with Crippen LogP contribution in [0, 0.1) is 0 Å². The first-order valence-corrected chi connectivity index (χ1v) is 8.51. The molecule has 0 aliphatic carbocycles. The molecule has 0 bridgehead atoms. The highest BCUT2D eigenvalue weighted by atomic mass is 32.2. The Morgan fingerprint density at radius 1 is 1.08 bits per heavy atom. The van der Waals surface area contributed by atoms with E-state index in [1.54, 1.807) is 6.07 Å². The Balaban J connectivity index is 2.41. The van der Waals surface area contributed by atoms with Gasteiger partial charge in [-0.2, -0.15) is 27.2 Å². The number of ether oxygens (including phenoxy) is 2. The number of aromatic nitrogens is 4. The molecular formula is C14H12F2N4O5S. The lowest BCUT2D eigenvalue weighted by Gasteiger charge is -2.08. The Labute approximate surface area is 145 Å². The molecule has 0 radical (unpaired) electrons. The number of methoxy groups -OCH3 is 2. The number of hydrogen-bond acceptors (Lipinski definition) is 8. The Morgan fingerprint density at radius 2 is 1.65 bits per heavy atom. The van der Waals surface area contributed by atoms with Gasteiger partial charge in [-0.3, -0.25) is 0 Å². The monoisotopic (exact) mass is 386 g/mol. The molecule has 0 spiro atoms. The molecule has 3 rings (SSSR count). The number of rotatable bonds is 5. The van der Waals surface area contributed by atoms with Crippen LogP contribution < -0.4 is 9.47 Å². The highest BCUT2D eigenvalue weighted by molar-refractivity contribution is 7.90. The van der Waals surface area contributed by atoms with Crippen LogP contribution in [0.15, 0.2) is 24.3 Å². The van der Waals surface area contributed by atoms with Gasteiger partial charge in [0.1, 0.15) is 0 Å². The summed E-state index contributed by atoms with van der Waals surface area (Å²) >= 11 is 0. The fourth-order valence-electron chi connectivity index (χ4n) is 2.39. The van der Waals surface area contributed by atoms with E-state index in [0.29, 0.717) is 0 Å². The van der Waals surface area contributed by atoms with Gasteiger partial charge in [0.25, 0.3) is 0 Å². The van der Waals surface area contributed by atoms with Crippen molar-refractivity contribution in [3.05, 3.63) is 24.3 Å². The van der Waals surface area contributed by atoms with Gasteiger partial charge in [-0.15, -0.1) is 4.98 Å². The molecule has 2 heterocycles. The summed E-state index contributed by atoms with van der Waals surface area (Å²) in [4.78, 5) is 11.7. The average Bonchev–Trinajstić information content (AvgIpc) is 2.93. The molecule has 0 saturated carbocycles. The third kappa shape index (κ3) is 2.67. The fourth-order valence-corrected chi connectivity index (χ4v) is 3.31. The van der Waals surface area contributed by atoms with Crippen molar-refractivity contribution in [1.29, 1.82) is 0 Å². The first-order chi connectivity index (χ1) is 12.3. The summed E-state index contributed by atoms with van der Waals surface area (Å²) in [5.41, 5.74) is -0.331. The number of fused-ring (bicyclic) bond motifs is 1. The normalized spacial score (nSPS) is 11.9. The second-order valence-corrected chi connectivity index (χ2v) is 6.67. The maximum Gasteiger partial charge on any atom is 0.355 e. The molecule has 12 heteroatoms. The number of alkyl halides is 2. The minimum atomic E-state index is -5.15. The molecule has 0 aliphatic rings. The molecule has 1 N–H and O–H groups in total. The van der Waals surface area contributed by atoms with Crippen molar-refractivity contribution in [2.45, 2.75) is 5.76 Å². The summed E-state index contributed by atoms with van der Waals surface area (Å²) in [5, 5.41) is 10.6. The van der Waals surface area contributed by atoms with Crippen LogP contribution in [0.25, 0.3) is 22.3 Å². The quantitative estimate of drug-likeness (QED) is 0.703. The number of nitrogens with zero attached hydrogens (tertiary/aromatic N) is 4. The minimum absolute atomic E-state index is 0.143. The van der Waals surface area contributed by atoms with Gasteiger partial charge >= 0.3 is 27.8 Å². The summed E-state index contributed by atoms with van der Waals surface area (Å²) in [7, 11) is -2.59. The molecule has 0 fully saturated rings. The van der Waals surface area contributed by atoms with Gasteiger partial charge in [0.2, 0.25) is 5.88 Å². The third-order valence-electron chi connectivity index (χ3n) is 3.47. The number of hydrogen-bond donors (Lipinski definition) is 1. The van der Waals surface area contributed by atoms with Crippen molar-refractivity contribution >= 4 is 20.9 Å². The van der Waals surface area contributed by atoms with Crippen molar-refractivity contribution in [3.63, 3.8) is 0 Å². The van der Waals surface area contributed by atoms with Gasteiger partial charge in [-0.05, 0) is 6.07 Å². The fraction of sp³-hybridized carbons (Fsp3) is 0.214. The summed E-state index contributed by atoms with van der Waals surface area (Å²) < 4.78 is 60.1. The van der Waals surface area contributed by atoms with Crippen LogP contribution in [0.3, 0.4) is 0 Å². The zero-order valence-corrected chi connectivity index (χ0v) is 14.2. The van der Waals surface area contributed by atoms with Crippen LogP contribution in [0.4, 0.5) is 8.78 Å².